The van der Waals surface area contributed by atoms with Gasteiger partial charge in [0.1, 0.15) is 23.7 Å². The van der Waals surface area contributed by atoms with Crippen molar-refractivity contribution in [3.05, 3.63) is 42.5 Å². The maximum absolute atomic E-state index is 14.6. The highest BCUT2D eigenvalue weighted by Gasteiger charge is 2.47. The second-order valence-corrected chi connectivity index (χ2v) is 8.34. The molecule has 0 radical (unpaired) electrons. The van der Waals surface area contributed by atoms with Crippen LogP contribution in [0.2, 0.25) is 0 Å². The third kappa shape index (κ3) is 4.04. The SMILES string of the molecule is Nc1ncnc2c1ncn2[C@@H]1O[C@H](CNS(=O)(=O)NC(=O)c2ccccc2O)[C@H](F)[C@H]1F. The van der Waals surface area contributed by atoms with Crippen LogP contribution in [-0.4, -0.2) is 63.9 Å². The Balaban J connectivity index is 1.44. The van der Waals surface area contributed by atoms with E-state index in [1.54, 1.807) is 4.72 Å². The number of nitrogens with one attached hydrogen (secondary N) is 2. The van der Waals surface area contributed by atoms with Crippen molar-refractivity contribution < 1.29 is 31.8 Å². The van der Waals surface area contributed by atoms with Crippen molar-refractivity contribution in [3.63, 3.8) is 0 Å². The molecule has 1 amide bonds. The minimum atomic E-state index is -4.47. The maximum Gasteiger partial charge on any atom is 0.301 e. The van der Waals surface area contributed by atoms with Crippen molar-refractivity contribution in [1.82, 2.24) is 29.0 Å². The van der Waals surface area contributed by atoms with Crippen LogP contribution in [0.4, 0.5) is 14.6 Å². The summed E-state index contributed by atoms with van der Waals surface area (Å²) in [6, 6.07) is 5.29. The Bertz CT molecular complexity index is 1270. The topological polar surface area (TPSA) is 174 Å². The zero-order valence-electron chi connectivity index (χ0n) is 16.1. The summed E-state index contributed by atoms with van der Waals surface area (Å²) >= 11 is 0. The first-order valence-electron chi connectivity index (χ1n) is 9.14. The number of fused-ring (bicyclic) bond motifs is 1. The van der Waals surface area contributed by atoms with E-state index in [1.165, 1.54) is 30.6 Å². The number of hydrogen-bond donors (Lipinski definition) is 4. The van der Waals surface area contributed by atoms with Crippen LogP contribution in [0, 0.1) is 0 Å². The van der Waals surface area contributed by atoms with Gasteiger partial charge in [0.25, 0.3) is 5.91 Å². The molecular formula is C17H17F2N7O5S. The zero-order chi connectivity index (χ0) is 23.0. The Kier molecular flexibility index (Phi) is 5.62. The third-order valence-electron chi connectivity index (χ3n) is 4.76. The molecule has 0 saturated carbocycles. The van der Waals surface area contributed by atoms with E-state index in [1.807, 2.05) is 4.72 Å². The van der Waals surface area contributed by atoms with Crippen LogP contribution in [0.5, 0.6) is 5.75 Å². The van der Waals surface area contributed by atoms with Gasteiger partial charge in [-0.05, 0) is 12.1 Å². The monoisotopic (exact) mass is 469 g/mol. The average molecular weight is 469 g/mol. The van der Waals surface area contributed by atoms with Crippen molar-refractivity contribution in [2.45, 2.75) is 24.7 Å². The number of aromatic hydroxyl groups is 1. The molecule has 12 nitrogen and oxygen atoms in total. The molecule has 170 valence electrons. The minimum absolute atomic E-state index is 0.0449. The number of rotatable bonds is 6. The zero-order valence-corrected chi connectivity index (χ0v) is 16.9. The van der Waals surface area contributed by atoms with Gasteiger partial charge in [0.05, 0.1) is 11.9 Å². The Morgan fingerprint density at radius 1 is 1.22 bits per heavy atom. The lowest BCUT2D eigenvalue weighted by Gasteiger charge is -2.16. The second kappa shape index (κ2) is 8.25. The normalized spacial score (nSPS) is 23.4. The predicted octanol–water partition coefficient (Wildman–Crippen LogP) is -0.0479. The van der Waals surface area contributed by atoms with Gasteiger partial charge in [-0.25, -0.2) is 28.5 Å². The van der Waals surface area contributed by atoms with Crippen molar-refractivity contribution >= 4 is 33.1 Å². The Morgan fingerprint density at radius 2 is 1.97 bits per heavy atom. The second-order valence-electron chi connectivity index (χ2n) is 6.84. The van der Waals surface area contributed by atoms with E-state index in [-0.39, 0.29) is 22.5 Å². The van der Waals surface area contributed by atoms with Crippen molar-refractivity contribution in [1.29, 1.82) is 0 Å². The fourth-order valence-electron chi connectivity index (χ4n) is 3.20. The summed E-state index contributed by atoms with van der Waals surface area (Å²) in [4.78, 5) is 23.7. The van der Waals surface area contributed by atoms with Gasteiger partial charge in [0.15, 0.2) is 30.0 Å². The van der Waals surface area contributed by atoms with E-state index in [9.17, 15) is 27.1 Å². The molecule has 3 aromatic rings. The van der Waals surface area contributed by atoms with E-state index in [0.29, 0.717) is 0 Å². The van der Waals surface area contributed by atoms with Crippen molar-refractivity contribution in [2.75, 3.05) is 12.3 Å². The Hall–Kier alpha value is -3.43. The first-order chi connectivity index (χ1) is 15.2. The quantitative estimate of drug-likeness (QED) is 0.386. The van der Waals surface area contributed by atoms with Gasteiger partial charge in [0.2, 0.25) is 0 Å². The third-order valence-corrected chi connectivity index (χ3v) is 5.76. The van der Waals surface area contributed by atoms with Gasteiger partial charge in [-0.2, -0.15) is 13.1 Å². The van der Waals surface area contributed by atoms with E-state index >= 15 is 0 Å². The number of nitrogen functional groups attached to an aromatic ring is 1. The van der Waals surface area contributed by atoms with Crippen LogP contribution >= 0.6 is 0 Å². The molecule has 5 N–H and O–H groups in total. The number of amides is 1. The summed E-state index contributed by atoms with van der Waals surface area (Å²) in [6.45, 7) is -0.675. The van der Waals surface area contributed by atoms with Gasteiger partial charge < -0.3 is 15.6 Å². The van der Waals surface area contributed by atoms with Crippen LogP contribution in [0.25, 0.3) is 11.2 Å². The number of ether oxygens (including phenoxy) is 1. The molecule has 32 heavy (non-hydrogen) atoms. The number of nitrogens with two attached hydrogens (primary N) is 1. The number of halogens is 2. The number of phenols is 1. The Morgan fingerprint density at radius 3 is 2.72 bits per heavy atom. The first kappa shape index (κ1) is 21.8. The first-order valence-corrected chi connectivity index (χ1v) is 10.6. The molecule has 1 aliphatic heterocycles. The number of para-hydroxylation sites is 1. The van der Waals surface area contributed by atoms with Gasteiger partial charge in [0, 0.05) is 6.54 Å². The van der Waals surface area contributed by atoms with E-state index < -0.39 is 53.1 Å². The fourth-order valence-corrected chi connectivity index (χ4v) is 4.01. The van der Waals surface area contributed by atoms with Gasteiger partial charge >= 0.3 is 10.2 Å². The van der Waals surface area contributed by atoms with E-state index in [0.717, 1.165) is 10.9 Å². The number of hydrogen-bond acceptors (Lipinski definition) is 9. The van der Waals surface area contributed by atoms with Crippen LogP contribution < -0.4 is 15.2 Å². The number of aromatic nitrogens is 4. The minimum Gasteiger partial charge on any atom is -0.507 e. The van der Waals surface area contributed by atoms with Crippen molar-refractivity contribution in [2.24, 2.45) is 0 Å². The average Bonchev–Trinajstić information content (AvgIpc) is 3.29. The highest BCUT2D eigenvalue weighted by Crippen LogP contribution is 2.35. The molecule has 2 aromatic heterocycles. The number of benzene rings is 1. The van der Waals surface area contributed by atoms with E-state index in [4.69, 9.17) is 10.5 Å². The molecule has 0 aliphatic carbocycles. The van der Waals surface area contributed by atoms with Crippen LogP contribution in [0.15, 0.2) is 36.9 Å². The van der Waals surface area contributed by atoms with Crippen LogP contribution in [0.1, 0.15) is 16.6 Å². The lowest BCUT2D eigenvalue weighted by molar-refractivity contribution is -0.0161. The molecule has 3 heterocycles. The van der Waals surface area contributed by atoms with E-state index in [2.05, 4.69) is 15.0 Å². The van der Waals surface area contributed by atoms with Crippen LogP contribution in [-0.2, 0) is 14.9 Å². The number of carbonyl (C=O) groups is 1. The lowest BCUT2D eigenvalue weighted by Crippen LogP contribution is -2.44. The molecule has 15 heteroatoms. The standard InChI is InChI=1S/C17H17F2N7O5S/c18-11-10(5-24-32(29,30)25-16(28)8-3-1-2-4-9(8)27)31-17(12(11)19)26-7-23-13-14(20)21-6-22-15(13)26/h1-4,6-7,10-12,17,24,27H,5H2,(H,25,28)(H2,20,21,22)/t10-,11+,12-,17-/m1/s1. The highest BCUT2D eigenvalue weighted by molar-refractivity contribution is 7.88. The molecule has 1 aliphatic rings. The smallest absolute Gasteiger partial charge is 0.301 e. The van der Waals surface area contributed by atoms with Gasteiger partial charge in [-0.3, -0.25) is 9.36 Å². The highest BCUT2D eigenvalue weighted by atomic mass is 32.2. The summed E-state index contributed by atoms with van der Waals surface area (Å²) in [6.07, 6.45) is -5.04. The van der Waals surface area contributed by atoms with Crippen LogP contribution in [0.3, 0.4) is 0 Å². The van der Waals surface area contributed by atoms with Crippen molar-refractivity contribution in [3.8, 4) is 5.75 Å². The number of anilines is 1. The molecule has 0 spiro atoms. The fraction of sp³-hybridized carbons (Fsp3) is 0.294. The molecule has 1 saturated heterocycles. The Labute approximate surface area is 179 Å². The lowest BCUT2D eigenvalue weighted by atomic mass is 10.2. The number of phenolic OH excluding ortho intramolecular Hbond substituents is 1. The number of nitrogens with zero attached hydrogens (tertiary/aromatic N) is 4. The predicted molar refractivity (Wildman–Crippen MR) is 106 cm³/mol. The molecule has 1 fully saturated rings. The number of alkyl halides is 2. The molecule has 0 bridgehead atoms. The molecule has 4 atom stereocenters. The molecule has 1 aromatic carbocycles. The summed E-state index contributed by atoms with van der Waals surface area (Å²) in [7, 11) is -4.47. The maximum atomic E-state index is 14.6. The summed E-state index contributed by atoms with van der Waals surface area (Å²) < 4.78 is 63.6. The molecular weight excluding hydrogens is 452 g/mol. The summed E-state index contributed by atoms with van der Waals surface area (Å²) in [5.74, 6) is -1.49. The number of imidazole rings is 1. The summed E-state index contributed by atoms with van der Waals surface area (Å²) in [5, 5.41) is 9.64. The van der Waals surface area contributed by atoms with Gasteiger partial charge in [-0.15, -0.1) is 0 Å². The summed E-state index contributed by atoms with van der Waals surface area (Å²) in [5.41, 5.74) is 5.69. The molecule has 0 unspecified atom stereocenters. The molecule has 4 rings (SSSR count). The van der Waals surface area contributed by atoms with Gasteiger partial charge in [-0.1, -0.05) is 12.1 Å². The largest absolute Gasteiger partial charge is 0.507 e. The number of carbonyl (C=O) groups excluding carboxylic acids is 1.